The van der Waals surface area contributed by atoms with E-state index in [0.717, 1.165) is 70.6 Å². The van der Waals surface area contributed by atoms with Crippen molar-refractivity contribution in [2.45, 2.75) is 328 Å². The predicted molar refractivity (Wildman–Crippen MR) is 355 cm³/mol. The van der Waals surface area contributed by atoms with Gasteiger partial charge in [-0.15, -0.1) is 0 Å². The molecular weight excluding hydrogens is 1020 g/mol. The molecule has 0 bridgehead atoms. The molecule has 9 heteroatoms. The van der Waals surface area contributed by atoms with Crippen molar-refractivity contribution >= 4 is 13.7 Å². The van der Waals surface area contributed by atoms with E-state index in [0.29, 0.717) is 17.4 Å². The second kappa shape index (κ2) is 62.2. The number of aliphatic hydroxyl groups is 1. The minimum atomic E-state index is -4.36. The predicted octanol–water partition coefficient (Wildman–Crippen LogP) is 21.9. The summed E-state index contributed by atoms with van der Waals surface area (Å²) >= 11 is 0. The zero-order chi connectivity index (χ0) is 59.1. The second-order valence-electron chi connectivity index (χ2n) is 24.5. The van der Waals surface area contributed by atoms with Crippen LogP contribution in [-0.2, 0) is 18.4 Å². The summed E-state index contributed by atoms with van der Waals surface area (Å²) in [7, 11) is 1.56. The van der Waals surface area contributed by atoms with Crippen LogP contribution in [0, 0.1) is 0 Å². The Morgan fingerprint density at radius 3 is 1.14 bits per heavy atom. The van der Waals surface area contributed by atoms with Crippen molar-refractivity contribution in [1.82, 2.24) is 5.32 Å². The monoisotopic (exact) mass is 1150 g/mol. The molecule has 0 aliphatic carbocycles. The largest absolute Gasteiger partial charge is 0.472 e. The smallest absolute Gasteiger partial charge is 0.387 e. The van der Waals surface area contributed by atoms with Crippen LogP contribution in [0.15, 0.2) is 85.1 Å². The van der Waals surface area contributed by atoms with Crippen molar-refractivity contribution in [3.63, 3.8) is 0 Å². The Morgan fingerprint density at radius 2 is 0.753 bits per heavy atom. The summed E-state index contributed by atoms with van der Waals surface area (Å²) < 4.78 is 23.8. The molecule has 3 unspecified atom stereocenters. The van der Waals surface area contributed by atoms with Crippen LogP contribution in [0.1, 0.15) is 316 Å². The Balaban J connectivity index is 4.04. The quantitative estimate of drug-likeness (QED) is 0.0243. The molecule has 0 radical (unpaired) electrons. The number of hydrogen-bond acceptors (Lipinski definition) is 5. The SMILES string of the molecule is CC/C=C\C/C=C\C/C=C\C/C=C\C/C=C\CCCCCCCCCCCCCCCCCCCCCCCC(=O)NC(COP(=O)(O)OCC[N+](C)(C)C)C(O)/C=C/CC/C=C/CCCCCCCCCCCCCCCCCC. The molecule has 3 N–H and O–H groups in total. The number of carbonyl (C=O) groups excluding carboxylic acids is 1. The number of nitrogens with zero attached hydrogens (tertiary/aromatic N) is 1. The van der Waals surface area contributed by atoms with Gasteiger partial charge in [0.15, 0.2) is 0 Å². The molecule has 0 aromatic rings. The lowest BCUT2D eigenvalue weighted by atomic mass is 10.0. The van der Waals surface area contributed by atoms with Crippen molar-refractivity contribution in [2.24, 2.45) is 0 Å². The number of carbonyl (C=O) groups is 1. The minimum absolute atomic E-state index is 0.0556. The highest BCUT2D eigenvalue weighted by molar-refractivity contribution is 7.47. The van der Waals surface area contributed by atoms with E-state index < -0.39 is 20.0 Å². The number of nitrogens with one attached hydrogen (secondary N) is 1. The Bertz CT molecular complexity index is 1600. The van der Waals surface area contributed by atoms with E-state index in [1.54, 1.807) is 6.08 Å². The minimum Gasteiger partial charge on any atom is -0.387 e. The number of quaternary nitrogens is 1. The maximum absolute atomic E-state index is 13.0. The van der Waals surface area contributed by atoms with E-state index >= 15 is 0 Å². The fourth-order valence-corrected chi connectivity index (χ4v) is 10.8. The van der Waals surface area contributed by atoms with Gasteiger partial charge in [0, 0.05) is 6.42 Å². The van der Waals surface area contributed by atoms with Crippen molar-refractivity contribution in [3.8, 4) is 0 Å². The Morgan fingerprint density at radius 1 is 0.432 bits per heavy atom. The number of allylic oxidation sites excluding steroid dienone is 13. The van der Waals surface area contributed by atoms with E-state index in [9.17, 15) is 19.4 Å². The first-order valence-corrected chi connectivity index (χ1v) is 36.0. The number of aliphatic hydroxyl groups excluding tert-OH is 1. The topological polar surface area (TPSA) is 105 Å². The molecule has 1 amide bonds. The molecule has 3 atom stereocenters. The fourth-order valence-electron chi connectivity index (χ4n) is 10.0. The molecule has 8 nitrogen and oxygen atoms in total. The number of likely N-dealkylation sites (N-methyl/N-ethyl adjacent to an activating group) is 1. The highest BCUT2D eigenvalue weighted by Crippen LogP contribution is 2.43. The molecule has 0 rings (SSSR count). The summed E-state index contributed by atoms with van der Waals surface area (Å²) in [4.78, 5) is 23.4. The summed E-state index contributed by atoms with van der Waals surface area (Å²) in [6, 6.07) is -0.866. The maximum Gasteiger partial charge on any atom is 0.472 e. The van der Waals surface area contributed by atoms with Crippen molar-refractivity contribution < 1.29 is 32.9 Å². The van der Waals surface area contributed by atoms with Gasteiger partial charge in [-0.05, 0) is 77.0 Å². The third kappa shape index (κ3) is 65.1. The van der Waals surface area contributed by atoms with E-state index in [2.05, 4.69) is 92.1 Å². The highest BCUT2D eigenvalue weighted by Gasteiger charge is 2.28. The summed E-state index contributed by atoms with van der Waals surface area (Å²) in [5, 5.41) is 14.0. The van der Waals surface area contributed by atoms with Crippen molar-refractivity contribution in [1.29, 1.82) is 0 Å². The average Bonchev–Trinajstić information content (AvgIpc) is 3.43. The van der Waals surface area contributed by atoms with Gasteiger partial charge in [0.05, 0.1) is 39.9 Å². The zero-order valence-corrected chi connectivity index (χ0v) is 54.9. The third-order valence-corrected chi connectivity index (χ3v) is 16.3. The average molecular weight is 1150 g/mol. The lowest BCUT2D eigenvalue weighted by Gasteiger charge is -2.25. The molecule has 0 heterocycles. The highest BCUT2D eigenvalue weighted by atomic mass is 31.2. The van der Waals surface area contributed by atoms with Gasteiger partial charge >= 0.3 is 7.82 Å². The Labute approximate surface area is 503 Å². The number of amides is 1. The second-order valence-corrected chi connectivity index (χ2v) is 26.0. The van der Waals surface area contributed by atoms with E-state index in [1.807, 2.05) is 27.2 Å². The standard InChI is InChI=1S/C72H133N2O6P/c1-6-8-10-12-14-16-18-20-22-24-26-28-30-31-32-33-34-35-36-37-38-39-40-41-42-43-44-46-48-50-52-54-56-58-60-62-64-66-72(76)73-70(69-80-81(77,78)79-68-67-74(3,4)5)71(75)65-63-61-59-57-55-53-51-49-47-45-29-27-25-23-21-19-17-15-13-11-9-7-2/h8,10,14,16,20,22,26,28,31-32,55,57,63,65,70-71,75H,6-7,9,11-13,15,17-19,21,23-25,27,29-30,33-54,56,58-62,64,66-69H2,1-5H3,(H-,73,76,77,78)/p+1/b10-8-,16-14-,22-20-,28-26-,32-31-,57-55+,65-63+. The van der Waals surface area contributed by atoms with Gasteiger partial charge in [-0.1, -0.05) is 317 Å². The summed E-state index contributed by atoms with van der Waals surface area (Å²) in [5.41, 5.74) is 0. The van der Waals surface area contributed by atoms with E-state index in [4.69, 9.17) is 9.05 Å². The molecule has 0 aromatic carbocycles. The van der Waals surface area contributed by atoms with Crippen molar-refractivity contribution in [3.05, 3.63) is 85.1 Å². The first kappa shape index (κ1) is 78.7. The number of phosphoric ester groups is 1. The van der Waals surface area contributed by atoms with Crippen LogP contribution >= 0.6 is 7.82 Å². The van der Waals surface area contributed by atoms with Gasteiger partial charge in [0.1, 0.15) is 13.2 Å². The summed E-state index contributed by atoms with van der Waals surface area (Å²) in [5.74, 6) is -0.183. The van der Waals surface area contributed by atoms with Crippen LogP contribution in [0.25, 0.3) is 0 Å². The van der Waals surface area contributed by atoms with Crippen LogP contribution < -0.4 is 5.32 Å². The zero-order valence-electron chi connectivity index (χ0n) is 54.0. The van der Waals surface area contributed by atoms with Gasteiger partial charge < -0.3 is 19.8 Å². The van der Waals surface area contributed by atoms with Gasteiger partial charge in [-0.2, -0.15) is 0 Å². The lowest BCUT2D eigenvalue weighted by Crippen LogP contribution is -2.45. The summed E-state index contributed by atoms with van der Waals surface area (Å²) in [6.45, 7) is 4.72. The van der Waals surface area contributed by atoms with Crippen molar-refractivity contribution in [2.75, 3.05) is 40.9 Å². The molecule has 472 valence electrons. The fraction of sp³-hybridized carbons (Fsp3) is 0.792. The Kier molecular flexibility index (Phi) is 60.4. The van der Waals surface area contributed by atoms with Crippen LogP contribution in [-0.4, -0.2) is 73.4 Å². The van der Waals surface area contributed by atoms with Gasteiger partial charge in [-0.3, -0.25) is 13.8 Å². The first-order valence-electron chi connectivity index (χ1n) is 34.5. The van der Waals surface area contributed by atoms with E-state index in [-0.39, 0.29) is 19.1 Å². The van der Waals surface area contributed by atoms with Gasteiger partial charge in [-0.25, -0.2) is 4.57 Å². The molecule has 0 saturated heterocycles. The van der Waals surface area contributed by atoms with Crippen LogP contribution in [0.3, 0.4) is 0 Å². The molecule has 0 aliphatic rings. The number of rotatable bonds is 63. The maximum atomic E-state index is 13.0. The first-order chi connectivity index (χ1) is 39.5. The molecule has 0 spiro atoms. The number of unbranched alkanes of at least 4 members (excludes halogenated alkanes) is 38. The molecule has 0 fully saturated rings. The normalized spacial score (nSPS) is 14.2. The van der Waals surface area contributed by atoms with Gasteiger partial charge in [0.2, 0.25) is 5.91 Å². The van der Waals surface area contributed by atoms with Crippen LogP contribution in [0.2, 0.25) is 0 Å². The number of phosphoric acid groups is 1. The van der Waals surface area contributed by atoms with Gasteiger partial charge in [0.25, 0.3) is 0 Å². The van der Waals surface area contributed by atoms with Crippen LogP contribution in [0.4, 0.5) is 0 Å². The lowest BCUT2D eigenvalue weighted by molar-refractivity contribution is -0.870. The van der Waals surface area contributed by atoms with Crippen LogP contribution in [0.5, 0.6) is 0 Å². The number of hydrogen-bond donors (Lipinski definition) is 3. The molecule has 81 heavy (non-hydrogen) atoms. The molecule has 0 aromatic heterocycles. The molecule has 0 saturated carbocycles. The van der Waals surface area contributed by atoms with E-state index in [1.165, 1.54) is 225 Å². The summed E-state index contributed by atoms with van der Waals surface area (Å²) in [6.07, 6.45) is 88.8. The molecular formula is C72H134N2O6P+. The molecule has 0 aliphatic heterocycles. The third-order valence-electron chi connectivity index (χ3n) is 15.3. The Hall–Kier alpha value is -2.32.